The van der Waals surface area contributed by atoms with E-state index in [1.165, 1.54) is 0 Å². The van der Waals surface area contributed by atoms with Crippen LogP contribution in [0.15, 0.2) is 29.2 Å². The third kappa shape index (κ3) is 4.72. The summed E-state index contributed by atoms with van der Waals surface area (Å²) in [6.07, 6.45) is 0.601. The topological polar surface area (TPSA) is 41.6 Å². The second kappa shape index (κ2) is 8.17. The molecule has 1 fully saturated rings. The van der Waals surface area contributed by atoms with E-state index in [4.69, 9.17) is 4.74 Å². The maximum absolute atomic E-state index is 12.0. The zero-order valence-electron chi connectivity index (χ0n) is 11.9. The molecule has 0 atom stereocenters. The van der Waals surface area contributed by atoms with Gasteiger partial charge in [0, 0.05) is 43.2 Å². The van der Waals surface area contributed by atoms with Crippen LogP contribution in [0, 0.1) is 0 Å². The minimum absolute atomic E-state index is 0.264. The molecule has 5 heteroatoms. The van der Waals surface area contributed by atoms with Crippen LogP contribution in [0.5, 0.6) is 5.75 Å². The highest BCUT2D eigenvalue weighted by Crippen LogP contribution is 2.23. The summed E-state index contributed by atoms with van der Waals surface area (Å²) in [5.41, 5.74) is 0. The molecule has 1 heterocycles. The molecule has 1 N–H and O–H groups in total. The predicted molar refractivity (Wildman–Crippen MR) is 82.4 cm³/mol. The van der Waals surface area contributed by atoms with Crippen molar-refractivity contribution in [2.75, 3.05) is 38.5 Å². The van der Waals surface area contributed by atoms with E-state index in [1.807, 2.05) is 30.0 Å². The molecule has 4 nitrogen and oxygen atoms in total. The van der Waals surface area contributed by atoms with Gasteiger partial charge >= 0.3 is 0 Å². The molecular formula is C15H22N2O2S. The highest BCUT2D eigenvalue weighted by molar-refractivity contribution is 7.99. The second-order valence-electron chi connectivity index (χ2n) is 4.64. The van der Waals surface area contributed by atoms with E-state index in [0.29, 0.717) is 13.0 Å². The molecule has 1 aliphatic heterocycles. The largest absolute Gasteiger partial charge is 0.494 e. The Labute approximate surface area is 124 Å². The van der Waals surface area contributed by atoms with Crippen LogP contribution in [-0.2, 0) is 4.79 Å². The van der Waals surface area contributed by atoms with Gasteiger partial charge in [-0.15, -0.1) is 11.8 Å². The molecule has 0 unspecified atom stereocenters. The van der Waals surface area contributed by atoms with Gasteiger partial charge in [-0.2, -0.15) is 0 Å². The van der Waals surface area contributed by atoms with Crippen molar-refractivity contribution in [3.05, 3.63) is 24.3 Å². The van der Waals surface area contributed by atoms with Crippen molar-refractivity contribution in [2.24, 2.45) is 0 Å². The van der Waals surface area contributed by atoms with Gasteiger partial charge in [0.1, 0.15) is 5.75 Å². The number of carbonyl (C=O) groups excluding carboxylic acids is 1. The van der Waals surface area contributed by atoms with Gasteiger partial charge in [0.25, 0.3) is 0 Å². The number of carbonyl (C=O) groups is 1. The first-order valence-electron chi connectivity index (χ1n) is 7.13. The minimum Gasteiger partial charge on any atom is -0.494 e. The van der Waals surface area contributed by atoms with Gasteiger partial charge < -0.3 is 15.0 Å². The second-order valence-corrected chi connectivity index (χ2v) is 5.81. The molecular weight excluding hydrogens is 272 g/mol. The number of hydrogen-bond acceptors (Lipinski definition) is 4. The number of hydrogen-bond donors (Lipinski definition) is 1. The number of benzene rings is 1. The van der Waals surface area contributed by atoms with E-state index in [1.54, 1.807) is 11.8 Å². The molecule has 0 saturated carbocycles. The Kier molecular flexibility index (Phi) is 6.21. The van der Waals surface area contributed by atoms with E-state index in [-0.39, 0.29) is 5.91 Å². The Balaban J connectivity index is 1.74. The molecule has 0 radical (unpaired) electrons. The summed E-state index contributed by atoms with van der Waals surface area (Å²) in [6.45, 7) is 6.15. The van der Waals surface area contributed by atoms with Crippen molar-refractivity contribution in [2.45, 2.75) is 18.2 Å². The third-order valence-corrected chi connectivity index (χ3v) is 4.17. The maximum atomic E-state index is 12.0. The van der Waals surface area contributed by atoms with Crippen LogP contribution in [0.1, 0.15) is 13.3 Å². The molecule has 1 aromatic carbocycles. The van der Waals surface area contributed by atoms with Gasteiger partial charge in [0.15, 0.2) is 0 Å². The fourth-order valence-corrected chi connectivity index (χ4v) is 3.04. The number of nitrogens with one attached hydrogen (secondary N) is 1. The maximum Gasteiger partial charge on any atom is 0.223 e. The van der Waals surface area contributed by atoms with Crippen LogP contribution in [0.4, 0.5) is 0 Å². The zero-order chi connectivity index (χ0) is 14.2. The number of amides is 1. The molecule has 0 spiro atoms. The smallest absolute Gasteiger partial charge is 0.223 e. The molecule has 20 heavy (non-hydrogen) atoms. The fourth-order valence-electron chi connectivity index (χ4n) is 2.15. The Hall–Kier alpha value is -1.20. The molecule has 1 saturated heterocycles. The number of piperazine rings is 1. The van der Waals surface area contributed by atoms with Crippen LogP contribution in [0.25, 0.3) is 0 Å². The molecule has 2 rings (SSSR count). The normalized spacial score (nSPS) is 15.2. The standard InChI is InChI=1S/C15H22N2O2S/c1-2-19-13-4-3-5-14(12-13)20-11-6-15(18)17-9-7-16-8-10-17/h3-5,12,16H,2,6-11H2,1H3. The zero-order valence-corrected chi connectivity index (χ0v) is 12.7. The summed E-state index contributed by atoms with van der Waals surface area (Å²) in [4.78, 5) is 15.1. The van der Waals surface area contributed by atoms with Crippen LogP contribution >= 0.6 is 11.8 Å². The lowest BCUT2D eigenvalue weighted by molar-refractivity contribution is -0.131. The van der Waals surface area contributed by atoms with E-state index in [9.17, 15) is 4.79 Å². The Morgan fingerprint density at radius 2 is 2.20 bits per heavy atom. The minimum atomic E-state index is 0.264. The van der Waals surface area contributed by atoms with Crippen molar-refractivity contribution in [3.63, 3.8) is 0 Å². The average molecular weight is 294 g/mol. The number of ether oxygens (including phenoxy) is 1. The van der Waals surface area contributed by atoms with E-state index < -0.39 is 0 Å². The lowest BCUT2D eigenvalue weighted by Crippen LogP contribution is -2.46. The molecule has 1 aliphatic rings. The highest BCUT2D eigenvalue weighted by Gasteiger charge is 2.15. The first kappa shape index (κ1) is 15.2. The Morgan fingerprint density at radius 1 is 1.40 bits per heavy atom. The molecule has 1 aromatic rings. The van der Waals surface area contributed by atoms with Crippen molar-refractivity contribution < 1.29 is 9.53 Å². The lowest BCUT2D eigenvalue weighted by atomic mass is 10.3. The average Bonchev–Trinajstić information content (AvgIpc) is 2.49. The highest BCUT2D eigenvalue weighted by atomic mass is 32.2. The van der Waals surface area contributed by atoms with Crippen LogP contribution < -0.4 is 10.1 Å². The molecule has 0 aliphatic carbocycles. The van der Waals surface area contributed by atoms with Crippen LogP contribution in [0.3, 0.4) is 0 Å². The summed E-state index contributed by atoms with van der Waals surface area (Å²) in [5, 5.41) is 3.26. The molecule has 1 amide bonds. The number of rotatable bonds is 6. The van der Waals surface area contributed by atoms with Crippen LogP contribution in [-0.4, -0.2) is 49.3 Å². The van der Waals surface area contributed by atoms with Gasteiger partial charge in [-0.25, -0.2) is 0 Å². The van der Waals surface area contributed by atoms with E-state index in [2.05, 4.69) is 11.4 Å². The molecule has 0 aromatic heterocycles. The quantitative estimate of drug-likeness (QED) is 0.815. The summed E-state index contributed by atoms with van der Waals surface area (Å²) in [6, 6.07) is 8.04. The summed E-state index contributed by atoms with van der Waals surface area (Å²) >= 11 is 1.71. The first-order valence-corrected chi connectivity index (χ1v) is 8.12. The van der Waals surface area contributed by atoms with Crippen molar-refractivity contribution in [3.8, 4) is 5.75 Å². The lowest BCUT2D eigenvalue weighted by Gasteiger charge is -2.27. The van der Waals surface area contributed by atoms with E-state index >= 15 is 0 Å². The van der Waals surface area contributed by atoms with Gasteiger partial charge in [-0.05, 0) is 25.1 Å². The molecule has 0 bridgehead atoms. The summed E-state index contributed by atoms with van der Waals surface area (Å²) in [7, 11) is 0. The van der Waals surface area contributed by atoms with E-state index in [0.717, 1.165) is 42.6 Å². The van der Waals surface area contributed by atoms with Gasteiger partial charge in [-0.3, -0.25) is 4.79 Å². The fraction of sp³-hybridized carbons (Fsp3) is 0.533. The number of thioether (sulfide) groups is 1. The monoisotopic (exact) mass is 294 g/mol. The summed E-state index contributed by atoms with van der Waals surface area (Å²) in [5.74, 6) is 1.98. The Bertz CT molecular complexity index is 434. The Morgan fingerprint density at radius 3 is 2.95 bits per heavy atom. The van der Waals surface area contributed by atoms with Crippen molar-refractivity contribution in [1.82, 2.24) is 10.2 Å². The van der Waals surface area contributed by atoms with Gasteiger partial charge in [0.05, 0.1) is 6.61 Å². The molecule has 110 valence electrons. The van der Waals surface area contributed by atoms with Crippen molar-refractivity contribution >= 4 is 17.7 Å². The predicted octanol–water partition coefficient (Wildman–Crippen LogP) is 2.00. The number of nitrogens with zero attached hydrogens (tertiary/aromatic N) is 1. The van der Waals surface area contributed by atoms with Gasteiger partial charge in [0.2, 0.25) is 5.91 Å². The van der Waals surface area contributed by atoms with Gasteiger partial charge in [-0.1, -0.05) is 6.07 Å². The summed E-state index contributed by atoms with van der Waals surface area (Å²) < 4.78 is 5.47. The SMILES string of the molecule is CCOc1cccc(SCCC(=O)N2CCNCC2)c1. The van der Waals surface area contributed by atoms with Crippen molar-refractivity contribution in [1.29, 1.82) is 0 Å². The van der Waals surface area contributed by atoms with Crippen LogP contribution in [0.2, 0.25) is 0 Å². The first-order chi connectivity index (χ1) is 9.79. The third-order valence-electron chi connectivity index (χ3n) is 3.17.